The molecule has 1 aromatic heterocycles. The normalized spacial score (nSPS) is 10.8. The summed E-state index contributed by atoms with van der Waals surface area (Å²) in [5.41, 5.74) is 0.274. The van der Waals surface area contributed by atoms with E-state index in [1.807, 2.05) is 22.6 Å². The molecule has 0 aliphatic heterocycles. The number of nitrogens with zero attached hydrogens (tertiary/aromatic N) is 1. The van der Waals surface area contributed by atoms with Gasteiger partial charge in [-0.05, 0) is 34.7 Å². The minimum Gasteiger partial charge on any atom is -0.251 e. The summed E-state index contributed by atoms with van der Waals surface area (Å²) < 4.78 is 25.0. The van der Waals surface area contributed by atoms with E-state index in [0.717, 1.165) is 3.57 Å². The van der Waals surface area contributed by atoms with Crippen LogP contribution < -0.4 is 0 Å². The fourth-order valence-electron chi connectivity index (χ4n) is 0.753. The first-order chi connectivity index (χ1) is 5.63. The largest absolute Gasteiger partial charge is 0.280 e. The highest BCUT2D eigenvalue weighted by Crippen LogP contribution is 2.19. The zero-order valence-electron chi connectivity index (χ0n) is 5.90. The van der Waals surface area contributed by atoms with Crippen LogP contribution in [-0.4, -0.2) is 4.98 Å². The summed E-state index contributed by atoms with van der Waals surface area (Å²) in [7, 11) is 0. The number of rotatable bonds is 2. The van der Waals surface area contributed by atoms with E-state index in [4.69, 9.17) is 11.6 Å². The summed E-state index contributed by atoms with van der Waals surface area (Å²) in [5, 5.41) is 0. The minimum absolute atomic E-state index is 0.163. The van der Waals surface area contributed by atoms with Crippen LogP contribution in [0.3, 0.4) is 0 Å². The molecule has 12 heavy (non-hydrogen) atoms. The number of alkyl halides is 3. The molecule has 0 radical (unpaired) electrons. The Kier molecular flexibility index (Phi) is 3.64. The van der Waals surface area contributed by atoms with Crippen molar-refractivity contribution >= 4 is 34.2 Å². The molecule has 5 heteroatoms. The van der Waals surface area contributed by atoms with E-state index in [1.165, 1.54) is 6.07 Å². The van der Waals surface area contributed by atoms with Gasteiger partial charge < -0.3 is 0 Å². The average Bonchev–Trinajstić information content (AvgIpc) is 2.03. The Hall–Kier alpha value is 0.0300. The third-order valence-corrected chi connectivity index (χ3v) is 2.12. The zero-order valence-corrected chi connectivity index (χ0v) is 8.81. The molecule has 0 amide bonds. The Morgan fingerprint density at radius 3 is 2.67 bits per heavy atom. The molecule has 0 unspecified atom stereocenters. The van der Waals surface area contributed by atoms with Gasteiger partial charge in [0.05, 0.1) is 11.6 Å². The summed E-state index contributed by atoms with van der Waals surface area (Å²) in [6.45, 7) is 0. The maximum Gasteiger partial charge on any atom is 0.280 e. The van der Waals surface area contributed by atoms with Crippen LogP contribution in [0.2, 0.25) is 0 Å². The minimum atomic E-state index is -2.53. The third kappa shape index (κ3) is 2.52. The summed E-state index contributed by atoms with van der Waals surface area (Å²) in [5.74, 6) is 0.163. The number of hydrogen-bond acceptors (Lipinski definition) is 1. The molecule has 0 atom stereocenters. The van der Waals surface area contributed by atoms with Crippen LogP contribution in [0.4, 0.5) is 8.78 Å². The Morgan fingerprint density at radius 2 is 2.17 bits per heavy atom. The Labute approximate surface area is 87.3 Å². The zero-order chi connectivity index (χ0) is 9.14. The molecule has 0 spiro atoms. The smallest absolute Gasteiger partial charge is 0.251 e. The second kappa shape index (κ2) is 4.32. The summed E-state index contributed by atoms with van der Waals surface area (Å²) in [6.07, 6.45) is -2.53. The first-order valence-corrected chi connectivity index (χ1v) is 4.75. The van der Waals surface area contributed by atoms with Gasteiger partial charge in [-0.25, -0.2) is 8.78 Å². The van der Waals surface area contributed by atoms with E-state index in [9.17, 15) is 8.78 Å². The molecule has 1 nitrogen and oxygen atoms in total. The third-order valence-electron chi connectivity index (χ3n) is 1.22. The van der Waals surface area contributed by atoms with Gasteiger partial charge in [0.25, 0.3) is 6.43 Å². The first-order valence-electron chi connectivity index (χ1n) is 3.14. The van der Waals surface area contributed by atoms with Crippen molar-refractivity contribution in [1.82, 2.24) is 4.98 Å². The van der Waals surface area contributed by atoms with E-state index >= 15 is 0 Å². The van der Waals surface area contributed by atoms with Crippen LogP contribution in [0, 0.1) is 3.57 Å². The van der Waals surface area contributed by atoms with Crippen molar-refractivity contribution in [3.05, 3.63) is 27.1 Å². The van der Waals surface area contributed by atoms with Crippen molar-refractivity contribution in [2.75, 3.05) is 0 Å². The van der Waals surface area contributed by atoms with E-state index < -0.39 is 6.43 Å². The SMILES string of the molecule is FC(F)c1cc(I)cc(CCl)n1. The van der Waals surface area contributed by atoms with E-state index in [1.54, 1.807) is 6.07 Å². The predicted molar refractivity (Wildman–Crippen MR) is 51.5 cm³/mol. The highest BCUT2D eigenvalue weighted by molar-refractivity contribution is 14.1. The van der Waals surface area contributed by atoms with Crippen molar-refractivity contribution in [2.45, 2.75) is 12.3 Å². The second-order valence-corrected chi connectivity index (χ2v) is 3.65. The molecule has 0 fully saturated rings. The maximum absolute atomic E-state index is 12.2. The van der Waals surface area contributed by atoms with E-state index in [2.05, 4.69) is 4.98 Å². The van der Waals surface area contributed by atoms with Gasteiger partial charge in [-0.3, -0.25) is 4.98 Å². The Bertz CT molecular complexity index is 280. The van der Waals surface area contributed by atoms with Crippen molar-refractivity contribution in [2.24, 2.45) is 0 Å². The van der Waals surface area contributed by atoms with E-state index in [0.29, 0.717) is 5.69 Å². The number of pyridine rings is 1. The molecular formula is C7H5ClF2IN. The van der Waals surface area contributed by atoms with Crippen molar-refractivity contribution in [1.29, 1.82) is 0 Å². The van der Waals surface area contributed by atoms with Crippen molar-refractivity contribution < 1.29 is 8.78 Å². The van der Waals surface area contributed by atoms with Crippen LogP contribution in [0.5, 0.6) is 0 Å². The summed E-state index contributed by atoms with van der Waals surface area (Å²) >= 11 is 7.42. The number of aromatic nitrogens is 1. The van der Waals surface area contributed by atoms with Gasteiger partial charge >= 0.3 is 0 Å². The fraction of sp³-hybridized carbons (Fsp3) is 0.286. The number of hydrogen-bond donors (Lipinski definition) is 0. The lowest BCUT2D eigenvalue weighted by Gasteiger charge is -2.01. The van der Waals surface area contributed by atoms with Gasteiger partial charge in [0.1, 0.15) is 5.69 Å². The molecule has 0 aliphatic rings. The van der Waals surface area contributed by atoms with Gasteiger partial charge in [-0.15, -0.1) is 11.6 Å². The quantitative estimate of drug-likeness (QED) is 0.603. The molecule has 1 heterocycles. The lowest BCUT2D eigenvalue weighted by molar-refractivity contribution is 0.146. The Balaban J connectivity index is 3.06. The molecule has 0 saturated heterocycles. The lowest BCUT2D eigenvalue weighted by Crippen LogP contribution is -1.95. The van der Waals surface area contributed by atoms with Gasteiger partial charge in [0.2, 0.25) is 0 Å². The first kappa shape index (κ1) is 10.1. The molecule has 0 bridgehead atoms. The lowest BCUT2D eigenvalue weighted by atomic mass is 10.3. The van der Waals surface area contributed by atoms with Gasteiger partial charge in [0, 0.05) is 3.57 Å². The predicted octanol–water partition coefficient (Wildman–Crippen LogP) is 3.36. The van der Waals surface area contributed by atoms with E-state index in [-0.39, 0.29) is 11.6 Å². The average molecular weight is 303 g/mol. The van der Waals surface area contributed by atoms with Crippen molar-refractivity contribution in [3.63, 3.8) is 0 Å². The topological polar surface area (TPSA) is 12.9 Å². The van der Waals surface area contributed by atoms with Gasteiger partial charge in [-0.1, -0.05) is 0 Å². The molecule has 0 aromatic carbocycles. The van der Waals surface area contributed by atoms with Crippen LogP contribution in [-0.2, 0) is 5.88 Å². The monoisotopic (exact) mass is 303 g/mol. The maximum atomic E-state index is 12.2. The molecular weight excluding hydrogens is 298 g/mol. The molecule has 1 rings (SSSR count). The molecule has 0 aliphatic carbocycles. The molecule has 1 aromatic rings. The second-order valence-electron chi connectivity index (χ2n) is 2.14. The van der Waals surface area contributed by atoms with Crippen LogP contribution >= 0.6 is 34.2 Å². The standard InChI is InChI=1S/C7H5ClF2IN/c8-3-5-1-4(11)2-6(12-5)7(9)10/h1-2,7H,3H2. The van der Waals surface area contributed by atoms with Crippen LogP contribution in [0.1, 0.15) is 17.8 Å². The highest BCUT2D eigenvalue weighted by atomic mass is 127. The van der Waals surface area contributed by atoms with Crippen LogP contribution in [0.25, 0.3) is 0 Å². The molecule has 0 saturated carbocycles. The molecule has 0 N–H and O–H groups in total. The van der Waals surface area contributed by atoms with Crippen LogP contribution in [0.15, 0.2) is 12.1 Å². The summed E-state index contributed by atoms with van der Waals surface area (Å²) in [6, 6.07) is 3.03. The number of halogens is 4. The van der Waals surface area contributed by atoms with Gasteiger partial charge in [-0.2, -0.15) is 0 Å². The fourth-order valence-corrected chi connectivity index (χ4v) is 1.57. The van der Waals surface area contributed by atoms with Gasteiger partial charge in [0.15, 0.2) is 0 Å². The highest BCUT2D eigenvalue weighted by Gasteiger charge is 2.10. The van der Waals surface area contributed by atoms with Crippen molar-refractivity contribution in [3.8, 4) is 0 Å². The molecule has 66 valence electrons. The Morgan fingerprint density at radius 1 is 1.50 bits per heavy atom. The summed E-state index contributed by atoms with van der Waals surface area (Å²) in [4.78, 5) is 3.66.